The Bertz CT molecular complexity index is 571. The molecule has 16 heavy (non-hydrogen) atoms. The first-order valence-corrected chi connectivity index (χ1v) is 6.43. The number of nitrogens with zero attached hydrogens (tertiary/aromatic N) is 3. The van der Waals surface area contributed by atoms with Crippen LogP contribution in [0.25, 0.3) is 10.7 Å². The predicted octanol–water partition coefficient (Wildman–Crippen LogP) is 3.19. The van der Waals surface area contributed by atoms with Gasteiger partial charge in [0.15, 0.2) is 0 Å². The third-order valence-corrected chi connectivity index (χ3v) is 4.19. The lowest BCUT2D eigenvalue weighted by atomic mass is 10.3. The SMILES string of the molecule is N#CC1CC1c1nc(-c2cc(Br)cs2)no1. The topological polar surface area (TPSA) is 62.7 Å². The number of aromatic nitrogens is 2. The number of thiophene rings is 1. The molecule has 0 aromatic carbocycles. The molecule has 2 atom stereocenters. The second-order valence-corrected chi connectivity index (χ2v) is 5.49. The first kappa shape index (κ1) is 10.00. The lowest BCUT2D eigenvalue weighted by molar-refractivity contribution is 0.378. The van der Waals surface area contributed by atoms with Gasteiger partial charge in [0.1, 0.15) is 0 Å². The van der Waals surface area contributed by atoms with E-state index in [9.17, 15) is 0 Å². The smallest absolute Gasteiger partial charge is 0.231 e. The van der Waals surface area contributed by atoms with E-state index in [0.29, 0.717) is 11.7 Å². The molecule has 1 saturated carbocycles. The van der Waals surface area contributed by atoms with Crippen molar-refractivity contribution in [3.05, 3.63) is 21.8 Å². The highest BCUT2D eigenvalue weighted by Crippen LogP contribution is 2.46. The van der Waals surface area contributed by atoms with Crippen molar-refractivity contribution in [2.75, 3.05) is 0 Å². The van der Waals surface area contributed by atoms with Crippen molar-refractivity contribution in [3.63, 3.8) is 0 Å². The van der Waals surface area contributed by atoms with Gasteiger partial charge in [0, 0.05) is 9.85 Å². The fourth-order valence-corrected chi connectivity index (χ4v) is 2.88. The highest BCUT2D eigenvalue weighted by molar-refractivity contribution is 9.10. The molecule has 0 saturated heterocycles. The van der Waals surface area contributed by atoms with Crippen molar-refractivity contribution in [3.8, 4) is 16.8 Å². The maximum absolute atomic E-state index is 8.72. The Kier molecular flexibility index (Phi) is 2.30. The van der Waals surface area contributed by atoms with Crippen LogP contribution in [0.15, 0.2) is 20.4 Å². The van der Waals surface area contributed by atoms with Crippen molar-refractivity contribution in [2.45, 2.75) is 12.3 Å². The monoisotopic (exact) mass is 295 g/mol. The van der Waals surface area contributed by atoms with Crippen LogP contribution in [0.5, 0.6) is 0 Å². The zero-order valence-corrected chi connectivity index (χ0v) is 10.5. The molecule has 3 rings (SSSR count). The normalized spacial score (nSPS) is 23.0. The van der Waals surface area contributed by atoms with Crippen molar-refractivity contribution in [1.29, 1.82) is 5.26 Å². The third-order valence-electron chi connectivity index (χ3n) is 2.50. The molecule has 0 spiro atoms. The first-order chi connectivity index (χ1) is 7.78. The third kappa shape index (κ3) is 1.66. The van der Waals surface area contributed by atoms with Gasteiger partial charge in [0.25, 0.3) is 0 Å². The molecule has 1 aliphatic rings. The summed E-state index contributed by atoms with van der Waals surface area (Å²) in [5, 5.41) is 14.6. The van der Waals surface area contributed by atoms with Gasteiger partial charge >= 0.3 is 0 Å². The zero-order chi connectivity index (χ0) is 11.1. The van der Waals surface area contributed by atoms with Crippen LogP contribution in [-0.2, 0) is 0 Å². The molecule has 2 aromatic heterocycles. The van der Waals surface area contributed by atoms with E-state index in [4.69, 9.17) is 9.78 Å². The van der Waals surface area contributed by atoms with Crippen molar-refractivity contribution in [2.24, 2.45) is 5.92 Å². The molecule has 0 amide bonds. The molecule has 0 N–H and O–H groups in total. The van der Waals surface area contributed by atoms with E-state index in [-0.39, 0.29) is 11.8 Å². The van der Waals surface area contributed by atoms with Gasteiger partial charge in [-0.1, -0.05) is 5.16 Å². The van der Waals surface area contributed by atoms with E-state index < -0.39 is 0 Å². The maximum atomic E-state index is 8.72. The summed E-state index contributed by atoms with van der Waals surface area (Å²) < 4.78 is 6.18. The Balaban J connectivity index is 1.86. The van der Waals surface area contributed by atoms with Gasteiger partial charge in [-0.25, -0.2) is 0 Å². The summed E-state index contributed by atoms with van der Waals surface area (Å²) >= 11 is 4.94. The second-order valence-electron chi connectivity index (χ2n) is 3.66. The number of nitriles is 1. The highest BCUT2D eigenvalue weighted by atomic mass is 79.9. The number of hydrogen-bond acceptors (Lipinski definition) is 5. The Morgan fingerprint density at radius 1 is 1.62 bits per heavy atom. The van der Waals surface area contributed by atoms with Crippen LogP contribution < -0.4 is 0 Å². The fourth-order valence-electron chi connectivity index (χ4n) is 1.53. The summed E-state index contributed by atoms with van der Waals surface area (Å²) in [5.74, 6) is 1.40. The van der Waals surface area contributed by atoms with Crippen molar-refractivity contribution >= 4 is 27.3 Å². The average molecular weight is 296 g/mol. The Morgan fingerprint density at radius 2 is 2.50 bits per heavy atom. The van der Waals surface area contributed by atoms with Crippen molar-refractivity contribution in [1.82, 2.24) is 10.1 Å². The van der Waals surface area contributed by atoms with Gasteiger partial charge in [-0.2, -0.15) is 10.2 Å². The largest absolute Gasteiger partial charge is 0.339 e. The first-order valence-electron chi connectivity index (χ1n) is 4.75. The molecule has 1 aliphatic carbocycles. The molecule has 0 radical (unpaired) electrons. The summed E-state index contributed by atoms with van der Waals surface area (Å²) in [5.41, 5.74) is 0. The Labute approximate surface area is 104 Å². The molecule has 80 valence electrons. The zero-order valence-electron chi connectivity index (χ0n) is 8.05. The van der Waals surface area contributed by atoms with Crippen LogP contribution in [0.3, 0.4) is 0 Å². The molecule has 2 unspecified atom stereocenters. The maximum Gasteiger partial charge on any atom is 0.231 e. The lowest BCUT2D eigenvalue weighted by Crippen LogP contribution is -1.81. The van der Waals surface area contributed by atoms with Crippen LogP contribution in [0.4, 0.5) is 0 Å². The van der Waals surface area contributed by atoms with Crippen LogP contribution >= 0.6 is 27.3 Å². The molecule has 2 aromatic rings. The number of hydrogen-bond donors (Lipinski definition) is 0. The van der Waals surface area contributed by atoms with E-state index in [1.54, 1.807) is 11.3 Å². The predicted molar refractivity (Wildman–Crippen MR) is 61.8 cm³/mol. The molecule has 2 heterocycles. The quantitative estimate of drug-likeness (QED) is 0.853. The summed E-state index contributed by atoms with van der Waals surface area (Å²) in [7, 11) is 0. The number of halogens is 1. The van der Waals surface area contributed by atoms with E-state index in [1.165, 1.54) is 0 Å². The van der Waals surface area contributed by atoms with Crippen LogP contribution in [0.2, 0.25) is 0 Å². The van der Waals surface area contributed by atoms with Crippen LogP contribution in [0, 0.1) is 17.2 Å². The van der Waals surface area contributed by atoms with Gasteiger partial charge in [-0.3, -0.25) is 0 Å². The van der Waals surface area contributed by atoms with Gasteiger partial charge in [0.2, 0.25) is 11.7 Å². The van der Waals surface area contributed by atoms with Gasteiger partial charge in [0.05, 0.1) is 22.8 Å². The molecule has 4 nitrogen and oxygen atoms in total. The summed E-state index contributed by atoms with van der Waals surface area (Å²) in [6.45, 7) is 0. The van der Waals surface area contributed by atoms with Crippen LogP contribution in [0.1, 0.15) is 18.2 Å². The summed E-state index contributed by atoms with van der Waals surface area (Å²) in [6.07, 6.45) is 0.840. The minimum atomic E-state index is 0.0587. The minimum Gasteiger partial charge on any atom is -0.339 e. The van der Waals surface area contributed by atoms with E-state index in [2.05, 4.69) is 32.1 Å². The van der Waals surface area contributed by atoms with Crippen LogP contribution in [-0.4, -0.2) is 10.1 Å². The van der Waals surface area contributed by atoms with Gasteiger partial charge in [-0.15, -0.1) is 11.3 Å². The van der Waals surface area contributed by atoms with E-state index in [0.717, 1.165) is 15.8 Å². The molecule has 0 aliphatic heterocycles. The van der Waals surface area contributed by atoms with Gasteiger partial charge < -0.3 is 4.52 Å². The standard InChI is InChI=1S/C10H6BrN3OS/c11-6-2-8(16-4-6)9-13-10(15-14-9)7-1-5(7)3-12/h2,4-5,7H,1H2. The lowest BCUT2D eigenvalue weighted by Gasteiger charge is -1.83. The fraction of sp³-hybridized carbons (Fsp3) is 0.300. The molecular weight excluding hydrogens is 290 g/mol. The minimum absolute atomic E-state index is 0.0587. The summed E-state index contributed by atoms with van der Waals surface area (Å²) in [4.78, 5) is 5.28. The second kappa shape index (κ2) is 3.68. The highest BCUT2D eigenvalue weighted by Gasteiger charge is 2.43. The average Bonchev–Trinajstić information content (AvgIpc) is 2.71. The molecular formula is C10H6BrN3OS. The number of rotatable bonds is 2. The Hall–Kier alpha value is -1.19. The Morgan fingerprint density at radius 3 is 3.12 bits per heavy atom. The molecule has 6 heteroatoms. The summed E-state index contributed by atoms with van der Waals surface area (Å²) in [6, 6.07) is 4.16. The van der Waals surface area contributed by atoms with E-state index in [1.807, 2.05) is 11.4 Å². The van der Waals surface area contributed by atoms with Gasteiger partial charge in [-0.05, 0) is 28.4 Å². The van der Waals surface area contributed by atoms with E-state index >= 15 is 0 Å². The molecule has 1 fully saturated rings. The van der Waals surface area contributed by atoms with Crippen molar-refractivity contribution < 1.29 is 4.52 Å². The molecule has 0 bridgehead atoms.